The number of para-hydroxylation sites is 1. The van der Waals surface area contributed by atoms with Crippen LogP contribution in [0.4, 0.5) is 0 Å². The molecule has 0 radical (unpaired) electrons. The summed E-state index contributed by atoms with van der Waals surface area (Å²) >= 11 is 1.74. The molecule has 22 heavy (non-hydrogen) atoms. The molecule has 0 saturated carbocycles. The maximum atomic E-state index is 5.64. The standard InChI is InChI=1S/C17H23N3OS/c1-3-18-17(20-13-15-9-7-11-22-15)19-12-14-8-5-6-10-16(14)21-4-2/h5-11H,3-4,12-13H2,1-2H3,(H2,18,19,20). The molecule has 2 aromatic rings. The molecule has 0 amide bonds. The van der Waals surface area contributed by atoms with Gasteiger partial charge in [-0.25, -0.2) is 4.99 Å². The monoisotopic (exact) mass is 317 g/mol. The fraction of sp³-hybridized carbons (Fsp3) is 0.353. The zero-order valence-electron chi connectivity index (χ0n) is 13.1. The van der Waals surface area contributed by atoms with Crippen LogP contribution in [-0.4, -0.2) is 19.1 Å². The Morgan fingerprint density at radius 3 is 2.73 bits per heavy atom. The fourth-order valence-electron chi connectivity index (χ4n) is 2.02. The lowest BCUT2D eigenvalue weighted by molar-refractivity contribution is 0.336. The van der Waals surface area contributed by atoms with E-state index in [1.54, 1.807) is 11.3 Å². The largest absolute Gasteiger partial charge is 0.494 e. The zero-order valence-corrected chi connectivity index (χ0v) is 14.0. The van der Waals surface area contributed by atoms with Crippen molar-refractivity contribution < 1.29 is 4.74 Å². The van der Waals surface area contributed by atoms with Gasteiger partial charge in [0.05, 0.1) is 19.7 Å². The molecule has 1 aromatic carbocycles. The van der Waals surface area contributed by atoms with Gasteiger partial charge in [-0.1, -0.05) is 24.3 Å². The Bertz CT molecular complexity index is 581. The van der Waals surface area contributed by atoms with E-state index in [-0.39, 0.29) is 0 Å². The highest BCUT2D eigenvalue weighted by Crippen LogP contribution is 2.18. The van der Waals surface area contributed by atoms with E-state index in [1.165, 1.54) is 4.88 Å². The number of guanidine groups is 1. The lowest BCUT2D eigenvalue weighted by Gasteiger charge is -2.12. The van der Waals surface area contributed by atoms with Crippen molar-refractivity contribution in [3.63, 3.8) is 0 Å². The summed E-state index contributed by atoms with van der Waals surface area (Å²) in [5, 5.41) is 8.71. The lowest BCUT2D eigenvalue weighted by Crippen LogP contribution is -2.36. The molecule has 2 rings (SSSR count). The molecule has 1 aromatic heterocycles. The topological polar surface area (TPSA) is 45.7 Å². The van der Waals surface area contributed by atoms with E-state index in [2.05, 4.69) is 46.1 Å². The van der Waals surface area contributed by atoms with Crippen molar-refractivity contribution in [3.05, 3.63) is 52.2 Å². The van der Waals surface area contributed by atoms with E-state index in [0.29, 0.717) is 13.2 Å². The Kier molecular flexibility index (Phi) is 6.77. The van der Waals surface area contributed by atoms with E-state index < -0.39 is 0 Å². The van der Waals surface area contributed by atoms with Crippen molar-refractivity contribution in [2.45, 2.75) is 26.9 Å². The van der Waals surface area contributed by atoms with E-state index in [4.69, 9.17) is 4.74 Å². The van der Waals surface area contributed by atoms with Gasteiger partial charge < -0.3 is 15.4 Å². The first-order chi connectivity index (χ1) is 10.8. The molecule has 1 heterocycles. The first-order valence-corrected chi connectivity index (χ1v) is 8.46. The van der Waals surface area contributed by atoms with Gasteiger partial charge in [0.15, 0.2) is 5.96 Å². The van der Waals surface area contributed by atoms with Gasteiger partial charge in [0.2, 0.25) is 0 Å². The molecule has 118 valence electrons. The summed E-state index contributed by atoms with van der Waals surface area (Å²) in [4.78, 5) is 5.94. The molecule has 0 bridgehead atoms. The molecule has 0 spiro atoms. The molecule has 0 aliphatic heterocycles. The number of thiophene rings is 1. The fourth-order valence-corrected chi connectivity index (χ4v) is 2.67. The van der Waals surface area contributed by atoms with Gasteiger partial charge in [-0.3, -0.25) is 0 Å². The molecular formula is C17H23N3OS. The Morgan fingerprint density at radius 2 is 2.00 bits per heavy atom. The first kappa shape index (κ1) is 16.4. The molecule has 0 fully saturated rings. The third-order valence-corrected chi connectivity index (χ3v) is 3.91. The predicted molar refractivity (Wildman–Crippen MR) is 93.6 cm³/mol. The summed E-state index contributed by atoms with van der Waals surface area (Å²) in [6, 6.07) is 12.2. The number of rotatable bonds is 7. The van der Waals surface area contributed by atoms with E-state index in [0.717, 1.165) is 30.4 Å². The van der Waals surface area contributed by atoms with Gasteiger partial charge in [0.1, 0.15) is 5.75 Å². The number of hydrogen-bond acceptors (Lipinski definition) is 3. The van der Waals surface area contributed by atoms with Gasteiger partial charge in [-0.05, 0) is 31.4 Å². The molecule has 2 N–H and O–H groups in total. The van der Waals surface area contributed by atoms with Gasteiger partial charge in [-0.15, -0.1) is 11.3 Å². The van der Waals surface area contributed by atoms with E-state index in [1.807, 2.05) is 25.1 Å². The van der Waals surface area contributed by atoms with Crippen LogP contribution in [0.25, 0.3) is 0 Å². The van der Waals surface area contributed by atoms with Gasteiger partial charge in [0, 0.05) is 17.0 Å². The van der Waals surface area contributed by atoms with Crippen LogP contribution in [-0.2, 0) is 13.1 Å². The second-order valence-corrected chi connectivity index (χ2v) is 5.70. The summed E-state index contributed by atoms with van der Waals surface area (Å²) in [7, 11) is 0. The average molecular weight is 317 g/mol. The summed E-state index contributed by atoms with van der Waals surface area (Å²) in [6.45, 7) is 6.94. The number of ether oxygens (including phenoxy) is 1. The van der Waals surface area contributed by atoms with E-state index >= 15 is 0 Å². The van der Waals surface area contributed by atoms with Crippen LogP contribution in [0.3, 0.4) is 0 Å². The highest BCUT2D eigenvalue weighted by Gasteiger charge is 2.03. The van der Waals surface area contributed by atoms with Gasteiger partial charge in [0.25, 0.3) is 0 Å². The second-order valence-electron chi connectivity index (χ2n) is 4.67. The minimum atomic E-state index is 0.593. The highest BCUT2D eigenvalue weighted by molar-refractivity contribution is 7.09. The normalized spacial score (nSPS) is 11.3. The first-order valence-electron chi connectivity index (χ1n) is 7.58. The smallest absolute Gasteiger partial charge is 0.191 e. The van der Waals surface area contributed by atoms with Crippen molar-refractivity contribution in [2.24, 2.45) is 4.99 Å². The van der Waals surface area contributed by atoms with Crippen molar-refractivity contribution in [2.75, 3.05) is 13.2 Å². The van der Waals surface area contributed by atoms with Crippen LogP contribution in [0.15, 0.2) is 46.8 Å². The van der Waals surface area contributed by atoms with Crippen molar-refractivity contribution in [1.29, 1.82) is 0 Å². The van der Waals surface area contributed by atoms with Crippen molar-refractivity contribution >= 4 is 17.3 Å². The van der Waals surface area contributed by atoms with Gasteiger partial charge >= 0.3 is 0 Å². The van der Waals surface area contributed by atoms with Crippen LogP contribution < -0.4 is 15.4 Å². The van der Waals surface area contributed by atoms with Crippen molar-refractivity contribution in [3.8, 4) is 5.75 Å². The number of nitrogens with zero attached hydrogens (tertiary/aromatic N) is 1. The van der Waals surface area contributed by atoms with Crippen LogP contribution in [0, 0.1) is 0 Å². The molecular weight excluding hydrogens is 294 g/mol. The van der Waals surface area contributed by atoms with Crippen LogP contribution >= 0.6 is 11.3 Å². The molecule has 0 saturated heterocycles. The minimum absolute atomic E-state index is 0.593. The molecule has 0 aliphatic carbocycles. The number of benzene rings is 1. The third-order valence-electron chi connectivity index (χ3n) is 3.03. The van der Waals surface area contributed by atoms with Crippen molar-refractivity contribution in [1.82, 2.24) is 10.6 Å². The molecule has 0 aliphatic rings. The second kappa shape index (κ2) is 9.10. The number of aliphatic imine (C=N–C) groups is 1. The van der Waals surface area contributed by atoms with Crippen LogP contribution in [0.2, 0.25) is 0 Å². The quantitative estimate of drug-likeness (QED) is 0.608. The summed E-state index contributed by atoms with van der Waals surface area (Å²) in [6.07, 6.45) is 0. The molecule has 5 heteroatoms. The van der Waals surface area contributed by atoms with Crippen LogP contribution in [0.1, 0.15) is 24.3 Å². The molecule has 0 unspecified atom stereocenters. The Morgan fingerprint density at radius 1 is 1.14 bits per heavy atom. The molecule has 0 atom stereocenters. The minimum Gasteiger partial charge on any atom is -0.494 e. The maximum absolute atomic E-state index is 5.64. The number of hydrogen-bond donors (Lipinski definition) is 2. The summed E-state index contributed by atoms with van der Waals surface area (Å²) < 4.78 is 5.64. The Hall–Kier alpha value is -2.01. The van der Waals surface area contributed by atoms with Gasteiger partial charge in [-0.2, -0.15) is 0 Å². The highest BCUT2D eigenvalue weighted by atomic mass is 32.1. The SMILES string of the molecule is CCNC(=NCc1ccccc1OCC)NCc1cccs1. The van der Waals surface area contributed by atoms with E-state index in [9.17, 15) is 0 Å². The average Bonchev–Trinajstić information content (AvgIpc) is 3.05. The zero-order chi connectivity index (χ0) is 15.6. The summed E-state index contributed by atoms with van der Waals surface area (Å²) in [5.74, 6) is 1.73. The predicted octanol–water partition coefficient (Wildman–Crippen LogP) is 3.40. The lowest BCUT2D eigenvalue weighted by atomic mass is 10.2. The maximum Gasteiger partial charge on any atom is 0.191 e. The molecule has 4 nitrogen and oxygen atoms in total. The Balaban J connectivity index is 2.00. The third kappa shape index (κ3) is 5.07. The number of nitrogens with one attached hydrogen (secondary N) is 2. The van der Waals surface area contributed by atoms with Crippen LogP contribution in [0.5, 0.6) is 5.75 Å². The Labute approximate surface area is 136 Å². The summed E-state index contributed by atoms with van der Waals surface area (Å²) in [5.41, 5.74) is 1.10.